The lowest BCUT2D eigenvalue weighted by Gasteiger charge is -2.07. The Bertz CT molecular complexity index is 699. The quantitative estimate of drug-likeness (QED) is 0.716. The standard InChI is InChI=1S/C16H12F3N/c1-10-4-2-3-5-13(10)15-8-11-6-7-12(16(17,18)19)9-14(11)20-15/h2-7,9H,8H2,1H3. The monoisotopic (exact) mass is 275 g/mol. The molecular weight excluding hydrogens is 263 g/mol. The molecule has 0 atom stereocenters. The van der Waals surface area contributed by atoms with Crippen LogP contribution in [0.4, 0.5) is 18.9 Å². The van der Waals surface area contributed by atoms with E-state index in [4.69, 9.17) is 0 Å². The Kier molecular flexibility index (Phi) is 2.89. The van der Waals surface area contributed by atoms with Crippen LogP contribution >= 0.6 is 0 Å². The summed E-state index contributed by atoms with van der Waals surface area (Å²) in [4.78, 5) is 4.37. The molecule has 0 N–H and O–H groups in total. The third-order valence-corrected chi connectivity index (χ3v) is 3.48. The maximum Gasteiger partial charge on any atom is 0.416 e. The predicted octanol–water partition coefficient (Wildman–Crippen LogP) is 4.69. The molecule has 0 spiro atoms. The van der Waals surface area contributed by atoms with Gasteiger partial charge in [0.25, 0.3) is 0 Å². The topological polar surface area (TPSA) is 12.4 Å². The Labute approximate surface area is 114 Å². The summed E-state index contributed by atoms with van der Waals surface area (Å²) < 4.78 is 38.1. The molecular formula is C16H12F3N. The van der Waals surface area contributed by atoms with Crippen LogP contribution in [-0.4, -0.2) is 5.71 Å². The Hall–Kier alpha value is -2.10. The molecule has 0 unspecified atom stereocenters. The van der Waals surface area contributed by atoms with Crippen molar-refractivity contribution >= 4 is 11.4 Å². The van der Waals surface area contributed by atoms with Gasteiger partial charge in [-0.2, -0.15) is 13.2 Å². The van der Waals surface area contributed by atoms with Crippen LogP contribution in [0, 0.1) is 6.92 Å². The van der Waals surface area contributed by atoms with Crippen LogP contribution in [0.2, 0.25) is 0 Å². The fourth-order valence-corrected chi connectivity index (χ4v) is 2.41. The lowest BCUT2D eigenvalue weighted by atomic mass is 10.00. The van der Waals surface area contributed by atoms with Gasteiger partial charge in [0, 0.05) is 6.42 Å². The third-order valence-electron chi connectivity index (χ3n) is 3.48. The Morgan fingerprint density at radius 2 is 1.80 bits per heavy atom. The molecule has 0 bridgehead atoms. The molecule has 1 aliphatic heterocycles. The van der Waals surface area contributed by atoms with Gasteiger partial charge in [-0.1, -0.05) is 30.3 Å². The Morgan fingerprint density at radius 1 is 1.05 bits per heavy atom. The first-order valence-corrected chi connectivity index (χ1v) is 6.29. The maximum atomic E-state index is 12.7. The second-order valence-corrected chi connectivity index (χ2v) is 4.89. The van der Waals surface area contributed by atoms with Crippen molar-refractivity contribution in [3.63, 3.8) is 0 Å². The van der Waals surface area contributed by atoms with E-state index in [1.165, 1.54) is 6.07 Å². The molecule has 20 heavy (non-hydrogen) atoms. The van der Waals surface area contributed by atoms with Gasteiger partial charge in [0.15, 0.2) is 0 Å². The van der Waals surface area contributed by atoms with Crippen molar-refractivity contribution in [1.29, 1.82) is 0 Å². The fourth-order valence-electron chi connectivity index (χ4n) is 2.41. The molecule has 4 heteroatoms. The number of nitrogens with zero attached hydrogens (tertiary/aromatic N) is 1. The van der Waals surface area contributed by atoms with Gasteiger partial charge < -0.3 is 0 Å². The summed E-state index contributed by atoms with van der Waals surface area (Å²) >= 11 is 0. The second kappa shape index (κ2) is 4.47. The minimum atomic E-state index is -4.32. The van der Waals surface area contributed by atoms with Gasteiger partial charge in [0.05, 0.1) is 17.0 Å². The molecule has 0 aliphatic carbocycles. The minimum Gasteiger partial charge on any atom is -0.252 e. The van der Waals surface area contributed by atoms with Crippen LogP contribution in [-0.2, 0) is 12.6 Å². The van der Waals surface area contributed by atoms with Crippen molar-refractivity contribution < 1.29 is 13.2 Å². The average Bonchev–Trinajstić information content (AvgIpc) is 2.80. The predicted molar refractivity (Wildman–Crippen MR) is 72.5 cm³/mol. The smallest absolute Gasteiger partial charge is 0.252 e. The van der Waals surface area contributed by atoms with Crippen molar-refractivity contribution in [2.45, 2.75) is 19.5 Å². The largest absolute Gasteiger partial charge is 0.416 e. The van der Waals surface area contributed by atoms with E-state index in [9.17, 15) is 13.2 Å². The van der Waals surface area contributed by atoms with E-state index in [1.54, 1.807) is 0 Å². The minimum absolute atomic E-state index is 0.429. The molecule has 0 aromatic heterocycles. The molecule has 2 aromatic carbocycles. The van der Waals surface area contributed by atoms with Gasteiger partial charge in [-0.05, 0) is 35.7 Å². The summed E-state index contributed by atoms with van der Waals surface area (Å²) in [6.07, 6.45) is -3.74. The van der Waals surface area contributed by atoms with Crippen LogP contribution < -0.4 is 0 Å². The molecule has 102 valence electrons. The lowest BCUT2D eigenvalue weighted by molar-refractivity contribution is -0.137. The zero-order chi connectivity index (χ0) is 14.3. The SMILES string of the molecule is Cc1ccccc1C1=Nc2cc(C(F)(F)F)ccc2C1. The lowest BCUT2D eigenvalue weighted by Crippen LogP contribution is -2.04. The highest BCUT2D eigenvalue weighted by atomic mass is 19.4. The fraction of sp³-hybridized carbons (Fsp3) is 0.188. The number of halogens is 3. The van der Waals surface area contributed by atoms with Gasteiger partial charge in [0.2, 0.25) is 0 Å². The van der Waals surface area contributed by atoms with E-state index < -0.39 is 11.7 Å². The van der Waals surface area contributed by atoms with E-state index in [-0.39, 0.29) is 0 Å². The van der Waals surface area contributed by atoms with Gasteiger partial charge in [-0.15, -0.1) is 0 Å². The summed E-state index contributed by atoms with van der Waals surface area (Å²) in [7, 11) is 0. The van der Waals surface area contributed by atoms with Crippen molar-refractivity contribution in [3.8, 4) is 0 Å². The van der Waals surface area contributed by atoms with Crippen molar-refractivity contribution in [2.75, 3.05) is 0 Å². The molecule has 3 rings (SSSR count). The molecule has 0 amide bonds. The van der Waals surface area contributed by atoms with Gasteiger partial charge >= 0.3 is 6.18 Å². The van der Waals surface area contributed by atoms with Crippen LogP contribution in [0.1, 0.15) is 22.3 Å². The summed E-state index contributed by atoms with van der Waals surface area (Å²) in [6.45, 7) is 1.97. The zero-order valence-corrected chi connectivity index (χ0v) is 10.8. The van der Waals surface area contributed by atoms with E-state index in [0.29, 0.717) is 12.1 Å². The van der Waals surface area contributed by atoms with Gasteiger partial charge in [-0.3, -0.25) is 4.99 Å². The maximum absolute atomic E-state index is 12.7. The highest BCUT2D eigenvalue weighted by molar-refractivity contribution is 6.07. The average molecular weight is 275 g/mol. The van der Waals surface area contributed by atoms with Gasteiger partial charge in [-0.25, -0.2) is 0 Å². The Balaban J connectivity index is 2.02. The summed E-state index contributed by atoms with van der Waals surface area (Å²) in [5.74, 6) is 0. The summed E-state index contributed by atoms with van der Waals surface area (Å²) in [6, 6.07) is 11.5. The van der Waals surface area contributed by atoms with Crippen molar-refractivity contribution in [1.82, 2.24) is 0 Å². The molecule has 2 aromatic rings. The first kappa shape index (κ1) is 12.9. The second-order valence-electron chi connectivity index (χ2n) is 4.89. The molecule has 0 saturated heterocycles. The van der Waals surface area contributed by atoms with E-state index in [2.05, 4.69) is 4.99 Å². The van der Waals surface area contributed by atoms with Crippen molar-refractivity contribution in [2.24, 2.45) is 4.99 Å². The normalized spacial score (nSPS) is 14.1. The summed E-state index contributed by atoms with van der Waals surface area (Å²) in [5, 5.41) is 0. The summed E-state index contributed by atoms with van der Waals surface area (Å²) in [5.41, 5.74) is 3.53. The number of hydrogen-bond donors (Lipinski definition) is 0. The molecule has 1 nitrogen and oxygen atoms in total. The number of rotatable bonds is 1. The highest BCUT2D eigenvalue weighted by Gasteiger charge is 2.31. The van der Waals surface area contributed by atoms with E-state index >= 15 is 0 Å². The molecule has 0 fully saturated rings. The third kappa shape index (κ3) is 2.22. The molecule has 0 saturated carbocycles. The number of benzene rings is 2. The van der Waals surface area contributed by atoms with Crippen molar-refractivity contribution in [3.05, 3.63) is 64.7 Å². The van der Waals surface area contributed by atoms with E-state index in [1.807, 2.05) is 31.2 Å². The number of aryl methyl sites for hydroxylation is 1. The van der Waals surface area contributed by atoms with Crippen LogP contribution in [0.3, 0.4) is 0 Å². The first-order valence-electron chi connectivity index (χ1n) is 6.29. The number of alkyl halides is 3. The molecule has 1 heterocycles. The number of aliphatic imine (C=N–C) groups is 1. The Morgan fingerprint density at radius 3 is 2.50 bits per heavy atom. The van der Waals surface area contributed by atoms with Crippen LogP contribution in [0.15, 0.2) is 47.5 Å². The number of fused-ring (bicyclic) bond motifs is 1. The number of hydrogen-bond acceptors (Lipinski definition) is 1. The molecule has 1 aliphatic rings. The van der Waals surface area contributed by atoms with Crippen LogP contribution in [0.25, 0.3) is 0 Å². The van der Waals surface area contributed by atoms with E-state index in [0.717, 1.165) is 34.5 Å². The first-order chi connectivity index (χ1) is 9.45. The zero-order valence-electron chi connectivity index (χ0n) is 10.8. The van der Waals surface area contributed by atoms with Crippen LogP contribution in [0.5, 0.6) is 0 Å². The molecule has 0 radical (unpaired) electrons. The highest BCUT2D eigenvalue weighted by Crippen LogP contribution is 2.36. The van der Waals surface area contributed by atoms with Gasteiger partial charge in [0.1, 0.15) is 0 Å².